The van der Waals surface area contributed by atoms with Crippen molar-refractivity contribution in [3.05, 3.63) is 11.2 Å². The third-order valence-corrected chi connectivity index (χ3v) is 0.685. The molecular weight excluding hydrogens is 124 g/mol. The fourth-order valence-corrected chi connectivity index (χ4v) is 0.440. The predicted molar refractivity (Wildman–Crippen MR) is 36.9 cm³/mol. The van der Waals surface area contributed by atoms with E-state index in [4.69, 9.17) is 11.6 Å². The van der Waals surface area contributed by atoms with E-state index in [0.717, 1.165) is 0 Å². The lowest BCUT2D eigenvalue weighted by Crippen LogP contribution is -1.98. The molecule has 0 heterocycles. The highest BCUT2D eigenvalue weighted by atomic mass is 35.5. The number of halogens is 1. The molecule has 0 aliphatic heterocycles. The van der Waals surface area contributed by atoms with E-state index in [1.807, 2.05) is 0 Å². The maximum Gasteiger partial charge on any atom is 0.0371 e. The Hall–Kier alpha value is -0.500. The van der Waals surface area contributed by atoms with Gasteiger partial charge in [-0.1, -0.05) is 11.6 Å². The van der Waals surface area contributed by atoms with Gasteiger partial charge in [0.2, 0.25) is 0 Å². The first-order valence-electron chi connectivity index (χ1n) is 2.20. The van der Waals surface area contributed by atoms with Crippen LogP contribution in [-0.4, -0.2) is 18.8 Å². The van der Waals surface area contributed by atoms with Gasteiger partial charge in [-0.15, -0.1) is 0 Å². The van der Waals surface area contributed by atoms with Gasteiger partial charge in [0.15, 0.2) is 0 Å². The Morgan fingerprint density at radius 3 is 2.50 bits per heavy atom. The largest absolute Gasteiger partial charge is 0.275 e. The monoisotopic (exact) mass is 132 g/mol. The Kier molecular flexibility index (Phi) is 3.28. The quantitative estimate of drug-likeness (QED) is 0.412. The van der Waals surface area contributed by atoms with Gasteiger partial charge >= 0.3 is 0 Å². The number of hydrogen-bond acceptors (Lipinski definition) is 2. The molecule has 0 saturated carbocycles. The smallest absolute Gasteiger partial charge is 0.0371 e. The molecule has 2 nitrogen and oxygen atoms in total. The van der Waals surface area contributed by atoms with Crippen LogP contribution >= 0.6 is 11.6 Å². The normalized spacial score (nSPS) is 11.1. The molecule has 0 radical (unpaired) electrons. The van der Waals surface area contributed by atoms with Crippen LogP contribution < -0.4 is 0 Å². The fraction of sp³-hybridized carbons (Fsp3) is 0.400. The molecule has 0 unspecified atom stereocenters. The highest BCUT2D eigenvalue weighted by Crippen LogP contribution is 1.98. The minimum absolute atomic E-state index is 0.694. The SMILES string of the molecule is C=NN(C)/C=C(\C)Cl. The Morgan fingerprint density at radius 2 is 2.38 bits per heavy atom. The molecule has 0 saturated heterocycles. The summed E-state index contributed by atoms with van der Waals surface area (Å²) in [5.41, 5.74) is 0. The number of nitrogens with zero attached hydrogens (tertiary/aromatic N) is 2. The van der Waals surface area contributed by atoms with Crippen LogP contribution in [0, 0.1) is 0 Å². The Balaban J connectivity index is 3.68. The Labute approximate surface area is 54.4 Å². The molecule has 8 heavy (non-hydrogen) atoms. The predicted octanol–water partition coefficient (Wildman–Crippen LogP) is 1.63. The number of hydrazone groups is 1. The summed E-state index contributed by atoms with van der Waals surface area (Å²) in [5, 5.41) is 5.79. The first kappa shape index (κ1) is 7.50. The van der Waals surface area contributed by atoms with Gasteiger partial charge in [-0.05, 0) is 6.92 Å². The molecule has 0 bridgehead atoms. The van der Waals surface area contributed by atoms with Crippen molar-refractivity contribution in [2.45, 2.75) is 6.92 Å². The van der Waals surface area contributed by atoms with Gasteiger partial charge in [0.05, 0.1) is 0 Å². The van der Waals surface area contributed by atoms with Crippen LogP contribution in [0.4, 0.5) is 0 Å². The molecule has 0 aromatic carbocycles. The fourth-order valence-electron chi connectivity index (χ4n) is 0.298. The summed E-state index contributed by atoms with van der Waals surface area (Å²) in [7, 11) is 1.76. The number of hydrogen-bond donors (Lipinski definition) is 0. The summed E-state index contributed by atoms with van der Waals surface area (Å²) >= 11 is 5.48. The van der Waals surface area contributed by atoms with Crippen molar-refractivity contribution in [2.75, 3.05) is 7.05 Å². The zero-order chi connectivity index (χ0) is 6.57. The summed E-state index contributed by atoms with van der Waals surface area (Å²) in [6, 6.07) is 0. The molecule has 3 heteroatoms. The van der Waals surface area contributed by atoms with E-state index in [-0.39, 0.29) is 0 Å². The first-order chi connectivity index (χ1) is 3.66. The summed E-state index contributed by atoms with van der Waals surface area (Å²) in [5.74, 6) is 0. The van der Waals surface area contributed by atoms with Crippen molar-refractivity contribution in [3.63, 3.8) is 0 Å². The van der Waals surface area contributed by atoms with E-state index in [1.54, 1.807) is 25.2 Å². The van der Waals surface area contributed by atoms with Gasteiger partial charge in [0.25, 0.3) is 0 Å². The van der Waals surface area contributed by atoms with Gasteiger partial charge in [0, 0.05) is 25.0 Å². The van der Waals surface area contributed by atoms with Crippen LogP contribution in [0.5, 0.6) is 0 Å². The summed E-state index contributed by atoms with van der Waals surface area (Å²) in [4.78, 5) is 0. The lowest BCUT2D eigenvalue weighted by atomic mass is 10.7. The van der Waals surface area contributed by atoms with Gasteiger partial charge in [0.1, 0.15) is 0 Å². The second-order valence-corrected chi connectivity index (χ2v) is 2.03. The van der Waals surface area contributed by atoms with Crippen molar-refractivity contribution < 1.29 is 0 Å². The van der Waals surface area contributed by atoms with E-state index in [1.165, 1.54) is 0 Å². The maximum atomic E-state index is 5.48. The molecule has 0 N–H and O–H groups in total. The summed E-state index contributed by atoms with van der Waals surface area (Å²) in [6.45, 7) is 5.07. The van der Waals surface area contributed by atoms with Gasteiger partial charge in [-0.2, -0.15) is 5.10 Å². The average Bonchev–Trinajstić information content (AvgIpc) is 1.65. The van der Waals surface area contributed by atoms with Crippen LogP contribution in [0.3, 0.4) is 0 Å². The van der Waals surface area contributed by atoms with Crippen LogP contribution in [0.15, 0.2) is 16.3 Å². The van der Waals surface area contributed by atoms with Crippen LogP contribution in [0.2, 0.25) is 0 Å². The van der Waals surface area contributed by atoms with E-state index in [9.17, 15) is 0 Å². The molecular formula is C5H9ClN2. The molecule has 0 aromatic rings. The molecule has 0 spiro atoms. The van der Waals surface area contributed by atoms with Crippen LogP contribution in [0.1, 0.15) is 6.92 Å². The van der Waals surface area contributed by atoms with Crippen LogP contribution in [0.25, 0.3) is 0 Å². The minimum atomic E-state index is 0.694. The summed E-state index contributed by atoms with van der Waals surface area (Å²) in [6.07, 6.45) is 1.68. The van der Waals surface area contributed by atoms with E-state index in [0.29, 0.717) is 5.03 Å². The molecule has 0 fully saturated rings. The molecule has 0 aliphatic carbocycles. The minimum Gasteiger partial charge on any atom is -0.275 e. The second kappa shape index (κ2) is 3.50. The van der Waals surface area contributed by atoms with Crippen LogP contribution in [-0.2, 0) is 0 Å². The van der Waals surface area contributed by atoms with Gasteiger partial charge in [-0.3, -0.25) is 5.01 Å². The average molecular weight is 133 g/mol. The standard InChI is InChI=1S/C5H9ClN2/c1-5(6)4-8(3)7-2/h4H,2H2,1,3H3/b5-4+. The molecule has 0 aromatic heterocycles. The third kappa shape index (κ3) is 3.68. The summed E-state index contributed by atoms with van der Waals surface area (Å²) < 4.78 is 0. The van der Waals surface area contributed by atoms with Gasteiger partial charge in [-0.25, -0.2) is 0 Å². The zero-order valence-electron chi connectivity index (χ0n) is 5.06. The highest BCUT2D eigenvalue weighted by molar-refractivity contribution is 6.29. The zero-order valence-corrected chi connectivity index (χ0v) is 5.81. The molecule has 46 valence electrons. The van der Waals surface area contributed by atoms with Crippen molar-refractivity contribution in [2.24, 2.45) is 5.10 Å². The lowest BCUT2D eigenvalue weighted by Gasteiger charge is -2.02. The molecule has 0 atom stereocenters. The molecule has 0 amide bonds. The van der Waals surface area contributed by atoms with Crippen molar-refractivity contribution >= 4 is 18.3 Å². The first-order valence-corrected chi connectivity index (χ1v) is 2.58. The topological polar surface area (TPSA) is 15.6 Å². The lowest BCUT2D eigenvalue weighted by molar-refractivity contribution is 0.493. The maximum absolute atomic E-state index is 5.48. The van der Waals surface area contributed by atoms with Crippen molar-refractivity contribution in [3.8, 4) is 0 Å². The van der Waals surface area contributed by atoms with E-state index >= 15 is 0 Å². The molecule has 0 rings (SSSR count). The van der Waals surface area contributed by atoms with Gasteiger partial charge < -0.3 is 0 Å². The number of rotatable bonds is 2. The highest BCUT2D eigenvalue weighted by Gasteiger charge is 1.81. The Bertz CT molecular complexity index is 105. The molecule has 0 aliphatic rings. The number of allylic oxidation sites excluding steroid dienone is 1. The van der Waals surface area contributed by atoms with Crippen molar-refractivity contribution in [1.82, 2.24) is 5.01 Å². The van der Waals surface area contributed by atoms with Crippen molar-refractivity contribution in [1.29, 1.82) is 0 Å². The van der Waals surface area contributed by atoms with E-state index < -0.39 is 0 Å². The second-order valence-electron chi connectivity index (χ2n) is 1.43. The van der Waals surface area contributed by atoms with E-state index in [2.05, 4.69) is 11.8 Å². The Morgan fingerprint density at radius 1 is 1.88 bits per heavy atom. The third-order valence-electron chi connectivity index (χ3n) is 0.588.